The predicted molar refractivity (Wildman–Crippen MR) is 85.5 cm³/mol. The van der Waals surface area contributed by atoms with E-state index in [4.69, 9.17) is 26.1 Å². The molecule has 17 heteroatoms. The van der Waals surface area contributed by atoms with E-state index in [1.54, 1.807) is 0 Å². The molecule has 13 nitrogen and oxygen atoms in total. The first-order chi connectivity index (χ1) is 13.3. The van der Waals surface area contributed by atoms with Crippen LogP contribution in [-0.2, 0) is 22.7 Å². The van der Waals surface area contributed by atoms with Crippen molar-refractivity contribution in [3.8, 4) is 0 Å². The maximum atomic E-state index is 15.3. The molecule has 0 radical (unpaired) electrons. The molecule has 0 aliphatic carbocycles. The maximum absolute atomic E-state index is 15.3. The Morgan fingerprint density at radius 3 is 2.67 bits per heavy atom. The van der Waals surface area contributed by atoms with Crippen LogP contribution in [-0.4, -0.2) is 59.1 Å². The van der Waals surface area contributed by atoms with Crippen LogP contribution in [0.25, 0.3) is 0 Å². The number of aryl methyl sites for hydroxylation is 1. The van der Waals surface area contributed by atoms with Gasteiger partial charge in [-0.2, -0.15) is 4.31 Å². The van der Waals surface area contributed by atoms with Gasteiger partial charge in [0, 0.05) is 11.8 Å². The molecule has 1 aliphatic rings. The summed E-state index contributed by atoms with van der Waals surface area (Å²) in [6.07, 6.45) is -7.87. The summed E-state index contributed by atoms with van der Waals surface area (Å²) in [5, 5.41) is 20.2. The molecule has 2 heterocycles. The standard InChI is InChI=1S/C10H15FN2O11P2S/c1-4-2-13(9(27)12-7(4)16)8-5(14)6(15)10(11,23-8)3-22-26(20,21)24-25(17,18)19/h2,5-6,8,14-15H,3H2,1H3,(H,20,21)(H,12,16,27)(H2,17,18,19)/t5-,6+,8-,10-/m1/s1/i3D2,8D. The normalized spacial score (nSPS) is 35.9. The largest absolute Gasteiger partial charge is 0.481 e. The molecule has 2 rings (SSSR count). The number of aliphatic hydroxyl groups is 2. The number of phosphoric acid groups is 2. The summed E-state index contributed by atoms with van der Waals surface area (Å²) in [6, 6.07) is 0. The third-order valence-electron chi connectivity index (χ3n) is 3.05. The lowest BCUT2D eigenvalue weighted by molar-refractivity contribution is -0.204. The molecule has 0 spiro atoms. The topological polar surface area (TPSA) is 201 Å². The summed E-state index contributed by atoms with van der Waals surface area (Å²) in [5.41, 5.74) is -0.820. The highest BCUT2D eigenvalue weighted by molar-refractivity contribution is 7.71. The Hall–Kier alpha value is -0.830. The number of rotatable bonds is 6. The quantitative estimate of drug-likeness (QED) is 0.234. The molecule has 27 heavy (non-hydrogen) atoms. The van der Waals surface area contributed by atoms with Gasteiger partial charge in [-0.15, -0.1) is 0 Å². The molecule has 154 valence electrons. The fourth-order valence-electron chi connectivity index (χ4n) is 1.89. The second-order valence-corrected chi connectivity index (χ2v) is 8.29. The Morgan fingerprint density at radius 2 is 2.11 bits per heavy atom. The Bertz CT molecular complexity index is 1060. The number of hydrogen-bond acceptors (Lipinski definition) is 9. The number of nitrogens with zero attached hydrogens (tertiary/aromatic N) is 1. The Kier molecular flexibility index (Phi) is 5.08. The minimum Gasteiger partial charge on any atom is -0.385 e. The van der Waals surface area contributed by atoms with Crippen LogP contribution >= 0.6 is 27.9 Å². The monoisotopic (exact) mass is 455 g/mol. The van der Waals surface area contributed by atoms with E-state index in [0.29, 0.717) is 4.57 Å². The van der Waals surface area contributed by atoms with Gasteiger partial charge in [0.25, 0.3) is 11.4 Å². The van der Waals surface area contributed by atoms with Gasteiger partial charge >= 0.3 is 15.6 Å². The molecule has 1 fully saturated rings. The van der Waals surface area contributed by atoms with Gasteiger partial charge in [0.15, 0.2) is 11.0 Å². The van der Waals surface area contributed by atoms with Gasteiger partial charge in [0.1, 0.15) is 18.8 Å². The lowest BCUT2D eigenvalue weighted by Gasteiger charge is -2.24. The Balaban J connectivity index is 2.51. The van der Waals surface area contributed by atoms with Crippen molar-refractivity contribution in [2.24, 2.45) is 0 Å². The summed E-state index contributed by atoms with van der Waals surface area (Å²) >= 11 is 4.79. The average molecular weight is 455 g/mol. The number of aliphatic hydroxyl groups excluding tert-OH is 2. The molecule has 0 amide bonds. The number of phosphoric ester groups is 1. The Labute approximate surface area is 159 Å². The average Bonchev–Trinajstić information content (AvgIpc) is 2.70. The van der Waals surface area contributed by atoms with Gasteiger partial charge in [-0.1, -0.05) is 0 Å². The molecule has 0 saturated carbocycles. The summed E-state index contributed by atoms with van der Waals surface area (Å²) in [5.74, 6) is -4.27. The zero-order valence-corrected chi connectivity index (χ0v) is 15.7. The number of H-pyrrole nitrogens is 1. The van der Waals surface area contributed by atoms with Crippen molar-refractivity contribution in [3.05, 3.63) is 26.9 Å². The summed E-state index contributed by atoms with van der Waals surface area (Å²) in [4.78, 5) is 40.0. The smallest absolute Gasteiger partial charge is 0.385 e. The van der Waals surface area contributed by atoms with Crippen molar-refractivity contribution < 1.29 is 56.1 Å². The Morgan fingerprint density at radius 1 is 1.52 bits per heavy atom. The molecular weight excluding hydrogens is 437 g/mol. The fraction of sp³-hybridized carbons (Fsp3) is 0.600. The minimum absolute atomic E-state index is 0.106. The van der Waals surface area contributed by atoms with E-state index in [9.17, 15) is 29.0 Å². The maximum Gasteiger partial charge on any atom is 0.481 e. The lowest BCUT2D eigenvalue weighted by atomic mass is 10.1. The van der Waals surface area contributed by atoms with Gasteiger partial charge in [-0.3, -0.25) is 18.9 Å². The van der Waals surface area contributed by atoms with Gasteiger partial charge in [-0.25, -0.2) is 13.5 Å². The van der Waals surface area contributed by atoms with Gasteiger partial charge in [0.05, 0.1) is 4.11 Å². The molecule has 5 atom stereocenters. The SMILES string of the molecule is [2H]C([2H])(OP(=O)(O)OP(=O)(O)O)[C@@]1(F)O[C@@]([2H])(n2cc(C)c(=O)[nH]c2=S)[C@H](O)[C@@H]1O. The zero-order valence-electron chi connectivity index (χ0n) is 16.0. The van der Waals surface area contributed by atoms with E-state index in [-0.39, 0.29) is 5.56 Å². The van der Waals surface area contributed by atoms with Crippen LogP contribution < -0.4 is 5.56 Å². The number of alkyl halides is 1. The van der Waals surface area contributed by atoms with Crippen LogP contribution in [0.3, 0.4) is 0 Å². The van der Waals surface area contributed by atoms with Crippen molar-refractivity contribution in [1.29, 1.82) is 0 Å². The van der Waals surface area contributed by atoms with Crippen LogP contribution in [0.1, 0.15) is 15.9 Å². The molecule has 1 aliphatic heterocycles. The van der Waals surface area contributed by atoms with Crippen molar-refractivity contribution in [2.45, 2.75) is 31.2 Å². The highest BCUT2D eigenvalue weighted by Crippen LogP contribution is 2.58. The molecule has 6 N–H and O–H groups in total. The zero-order chi connectivity index (χ0) is 23.5. The molecular formula is C10H15FN2O11P2S. The van der Waals surface area contributed by atoms with Crippen LogP contribution in [0.4, 0.5) is 4.39 Å². The van der Waals surface area contributed by atoms with E-state index in [0.717, 1.165) is 6.20 Å². The number of halogens is 1. The van der Waals surface area contributed by atoms with Crippen molar-refractivity contribution in [2.75, 3.05) is 6.56 Å². The first-order valence-electron chi connectivity index (χ1n) is 8.14. The van der Waals surface area contributed by atoms with Crippen LogP contribution in [0, 0.1) is 11.7 Å². The second kappa shape index (κ2) is 7.54. The molecule has 1 unspecified atom stereocenters. The molecule has 0 aromatic carbocycles. The van der Waals surface area contributed by atoms with E-state index in [1.165, 1.54) is 6.92 Å². The number of ether oxygens (including phenoxy) is 1. The predicted octanol–water partition coefficient (Wildman–Crippen LogP) is -0.643. The summed E-state index contributed by atoms with van der Waals surface area (Å²) < 4.78 is 72.4. The van der Waals surface area contributed by atoms with E-state index in [1.807, 2.05) is 0 Å². The van der Waals surface area contributed by atoms with E-state index in [2.05, 4.69) is 18.6 Å². The van der Waals surface area contributed by atoms with Gasteiger partial charge in [0.2, 0.25) is 0 Å². The number of aromatic nitrogens is 2. The minimum atomic E-state index is -6.00. The second-order valence-electron chi connectivity index (χ2n) is 5.15. The third kappa shape index (κ3) is 5.16. The van der Waals surface area contributed by atoms with Crippen LogP contribution in [0.2, 0.25) is 0 Å². The highest BCUT2D eigenvalue weighted by Gasteiger charge is 2.57. The molecule has 0 bridgehead atoms. The number of nitrogens with one attached hydrogen (secondary N) is 1. The van der Waals surface area contributed by atoms with Gasteiger partial charge in [-0.05, 0) is 19.1 Å². The molecule has 1 aromatic heterocycles. The van der Waals surface area contributed by atoms with Crippen LogP contribution in [0.15, 0.2) is 11.0 Å². The van der Waals surface area contributed by atoms with Crippen molar-refractivity contribution in [1.82, 2.24) is 9.55 Å². The van der Waals surface area contributed by atoms with E-state index < -0.39 is 56.8 Å². The first kappa shape index (κ1) is 18.2. The van der Waals surface area contributed by atoms with Crippen LogP contribution in [0.5, 0.6) is 0 Å². The molecule has 1 saturated heterocycles. The number of hydrogen-bond donors (Lipinski definition) is 6. The number of aromatic amines is 1. The highest BCUT2D eigenvalue weighted by atomic mass is 32.1. The fourth-order valence-corrected chi connectivity index (χ4v) is 3.57. The summed E-state index contributed by atoms with van der Waals surface area (Å²) in [7, 11) is -11.7. The van der Waals surface area contributed by atoms with Crippen molar-refractivity contribution >= 4 is 27.9 Å². The third-order valence-corrected chi connectivity index (χ3v) is 5.35. The van der Waals surface area contributed by atoms with Crippen molar-refractivity contribution in [3.63, 3.8) is 0 Å². The first-order valence-corrected chi connectivity index (χ1v) is 10.1. The summed E-state index contributed by atoms with van der Waals surface area (Å²) in [6.45, 7) is -2.99. The lowest BCUT2D eigenvalue weighted by Crippen LogP contribution is -2.42. The van der Waals surface area contributed by atoms with Gasteiger partial charge < -0.3 is 29.6 Å². The molecule has 1 aromatic rings. The van der Waals surface area contributed by atoms with E-state index >= 15 is 4.39 Å².